The van der Waals surface area contributed by atoms with Crippen molar-refractivity contribution in [2.45, 2.75) is 0 Å². The topological polar surface area (TPSA) is 51.0 Å². The van der Waals surface area contributed by atoms with Crippen LogP contribution in [-0.4, -0.2) is 17.0 Å². The van der Waals surface area contributed by atoms with Crippen LogP contribution in [0.4, 0.5) is 5.82 Å². The molecule has 104 valence electrons. The summed E-state index contributed by atoms with van der Waals surface area (Å²) in [7, 11) is 1.86. The summed E-state index contributed by atoms with van der Waals surface area (Å²) < 4.78 is 6.04. The van der Waals surface area contributed by atoms with Crippen LogP contribution >= 0.6 is 22.7 Å². The van der Waals surface area contributed by atoms with Crippen molar-refractivity contribution in [3.8, 4) is 21.1 Å². The molecule has 0 unspecified atom stereocenters. The number of hydrogen-bond donors (Lipinski definition) is 1. The van der Waals surface area contributed by atoms with Crippen molar-refractivity contribution in [2.24, 2.45) is 0 Å². The van der Waals surface area contributed by atoms with Crippen molar-refractivity contribution in [2.75, 3.05) is 12.4 Å². The van der Waals surface area contributed by atoms with E-state index in [1.54, 1.807) is 22.7 Å². The third-order valence-corrected chi connectivity index (χ3v) is 4.99. The van der Waals surface area contributed by atoms with Gasteiger partial charge in [0.05, 0.1) is 15.8 Å². The molecule has 4 rings (SSSR count). The summed E-state index contributed by atoms with van der Waals surface area (Å²) in [5.74, 6) is 1.65. The van der Waals surface area contributed by atoms with Crippen molar-refractivity contribution in [1.29, 1.82) is 0 Å². The second-order valence-electron chi connectivity index (χ2n) is 4.41. The lowest BCUT2D eigenvalue weighted by atomic mass is 10.1. The lowest BCUT2D eigenvalue weighted by Gasteiger charge is -2.02. The highest BCUT2D eigenvalue weighted by Crippen LogP contribution is 2.44. The second-order valence-corrected chi connectivity index (χ2v) is 6.31. The van der Waals surface area contributed by atoms with E-state index in [2.05, 4.69) is 32.8 Å². The minimum Gasteiger partial charge on any atom is -0.436 e. The van der Waals surface area contributed by atoms with E-state index >= 15 is 0 Å². The summed E-state index contributed by atoms with van der Waals surface area (Å²) in [6.07, 6.45) is 1.52. The standard InChI is InChI=1S/C15H11N3OS2/c1-16-14-12-11(9-4-2-6-20-9)13(10-5-3-7-21-10)19-15(12)18-8-17-14/h2-8H,1H3,(H,16,17,18). The van der Waals surface area contributed by atoms with E-state index in [0.717, 1.165) is 32.3 Å². The van der Waals surface area contributed by atoms with Crippen LogP contribution in [0.5, 0.6) is 0 Å². The molecule has 0 saturated carbocycles. The number of anilines is 1. The number of furan rings is 1. The van der Waals surface area contributed by atoms with Gasteiger partial charge in [0.15, 0.2) is 5.76 Å². The lowest BCUT2D eigenvalue weighted by Crippen LogP contribution is -1.93. The van der Waals surface area contributed by atoms with Crippen LogP contribution in [0.2, 0.25) is 0 Å². The molecule has 0 aliphatic rings. The SMILES string of the molecule is CNc1ncnc2oc(-c3cccs3)c(-c3cccs3)c12. The smallest absolute Gasteiger partial charge is 0.232 e. The van der Waals surface area contributed by atoms with Crippen LogP contribution < -0.4 is 5.32 Å². The fraction of sp³-hybridized carbons (Fsp3) is 0.0667. The maximum Gasteiger partial charge on any atom is 0.232 e. The minimum atomic E-state index is 0.612. The number of nitrogens with zero attached hydrogens (tertiary/aromatic N) is 2. The van der Waals surface area contributed by atoms with E-state index in [9.17, 15) is 0 Å². The van der Waals surface area contributed by atoms with Crippen molar-refractivity contribution in [3.05, 3.63) is 41.4 Å². The van der Waals surface area contributed by atoms with Crippen LogP contribution in [0.25, 0.3) is 32.2 Å². The zero-order valence-electron chi connectivity index (χ0n) is 11.2. The third-order valence-electron chi connectivity index (χ3n) is 3.24. The molecule has 1 N–H and O–H groups in total. The number of aromatic nitrogens is 2. The quantitative estimate of drug-likeness (QED) is 0.594. The molecule has 0 aromatic carbocycles. The molecular weight excluding hydrogens is 302 g/mol. The summed E-state index contributed by atoms with van der Waals surface area (Å²) in [6, 6.07) is 8.22. The normalized spacial score (nSPS) is 11.1. The van der Waals surface area contributed by atoms with E-state index in [-0.39, 0.29) is 0 Å². The van der Waals surface area contributed by atoms with Gasteiger partial charge in [-0.1, -0.05) is 12.1 Å². The van der Waals surface area contributed by atoms with Crippen LogP contribution in [0.15, 0.2) is 45.8 Å². The van der Waals surface area contributed by atoms with E-state index in [1.165, 1.54) is 6.33 Å². The Balaban J connectivity index is 2.13. The number of rotatable bonds is 3. The van der Waals surface area contributed by atoms with Gasteiger partial charge in [-0.15, -0.1) is 22.7 Å². The number of thiophene rings is 2. The van der Waals surface area contributed by atoms with E-state index < -0.39 is 0 Å². The number of fused-ring (bicyclic) bond motifs is 1. The molecule has 0 fully saturated rings. The fourth-order valence-corrected chi connectivity index (χ4v) is 3.85. The first-order valence-electron chi connectivity index (χ1n) is 6.41. The van der Waals surface area contributed by atoms with Gasteiger partial charge in [-0.25, -0.2) is 9.97 Å². The first kappa shape index (κ1) is 12.6. The molecule has 0 radical (unpaired) electrons. The van der Waals surface area contributed by atoms with E-state index in [0.29, 0.717) is 5.71 Å². The molecule has 0 saturated heterocycles. The van der Waals surface area contributed by atoms with Gasteiger partial charge in [-0.3, -0.25) is 0 Å². The fourth-order valence-electron chi connectivity index (χ4n) is 2.36. The highest BCUT2D eigenvalue weighted by molar-refractivity contribution is 7.14. The Morgan fingerprint density at radius 1 is 1.05 bits per heavy atom. The molecule has 0 aliphatic heterocycles. The maximum atomic E-state index is 6.04. The van der Waals surface area contributed by atoms with Gasteiger partial charge >= 0.3 is 0 Å². The predicted molar refractivity (Wildman–Crippen MR) is 88.0 cm³/mol. The van der Waals surface area contributed by atoms with Crippen LogP contribution in [0.1, 0.15) is 0 Å². The van der Waals surface area contributed by atoms with Gasteiger partial charge in [0.25, 0.3) is 0 Å². The summed E-state index contributed by atoms with van der Waals surface area (Å²) in [5.41, 5.74) is 1.67. The minimum absolute atomic E-state index is 0.612. The summed E-state index contributed by atoms with van der Waals surface area (Å²) in [5, 5.41) is 8.18. The molecule has 0 spiro atoms. The van der Waals surface area contributed by atoms with Crippen LogP contribution in [-0.2, 0) is 0 Å². The largest absolute Gasteiger partial charge is 0.436 e. The number of nitrogens with one attached hydrogen (secondary N) is 1. The Morgan fingerprint density at radius 3 is 2.48 bits per heavy atom. The molecule has 6 heteroatoms. The van der Waals surface area contributed by atoms with Gasteiger partial charge in [-0.05, 0) is 22.9 Å². The molecule has 4 nitrogen and oxygen atoms in total. The molecule has 21 heavy (non-hydrogen) atoms. The monoisotopic (exact) mass is 313 g/mol. The highest BCUT2D eigenvalue weighted by Gasteiger charge is 2.22. The summed E-state index contributed by atoms with van der Waals surface area (Å²) >= 11 is 3.35. The van der Waals surface area contributed by atoms with Crippen molar-refractivity contribution in [1.82, 2.24) is 9.97 Å². The van der Waals surface area contributed by atoms with Gasteiger partial charge in [0.2, 0.25) is 5.71 Å². The molecule has 0 bridgehead atoms. The molecule has 4 aromatic heterocycles. The second kappa shape index (κ2) is 4.98. The average Bonchev–Trinajstić information content (AvgIpc) is 3.24. The van der Waals surface area contributed by atoms with Crippen molar-refractivity contribution >= 4 is 39.6 Å². The van der Waals surface area contributed by atoms with Crippen molar-refractivity contribution < 1.29 is 4.42 Å². The molecule has 0 atom stereocenters. The Morgan fingerprint density at radius 2 is 1.81 bits per heavy atom. The van der Waals surface area contributed by atoms with E-state index in [4.69, 9.17) is 4.42 Å². The summed E-state index contributed by atoms with van der Waals surface area (Å²) in [6.45, 7) is 0. The first-order valence-corrected chi connectivity index (χ1v) is 8.17. The zero-order chi connectivity index (χ0) is 14.2. The average molecular weight is 313 g/mol. The Labute approximate surface area is 129 Å². The van der Waals surface area contributed by atoms with Gasteiger partial charge < -0.3 is 9.73 Å². The van der Waals surface area contributed by atoms with E-state index in [1.807, 2.05) is 24.6 Å². The van der Waals surface area contributed by atoms with Crippen LogP contribution in [0.3, 0.4) is 0 Å². The highest BCUT2D eigenvalue weighted by atomic mass is 32.1. The Bertz CT molecular complexity index is 879. The van der Waals surface area contributed by atoms with Crippen molar-refractivity contribution in [3.63, 3.8) is 0 Å². The maximum absolute atomic E-state index is 6.04. The Kier molecular flexibility index (Phi) is 2.98. The molecule has 4 aromatic rings. The first-order chi connectivity index (χ1) is 10.4. The number of hydrogen-bond acceptors (Lipinski definition) is 6. The molecule has 0 amide bonds. The van der Waals surface area contributed by atoms with Gasteiger partial charge in [-0.2, -0.15) is 0 Å². The molecular formula is C15H11N3OS2. The zero-order valence-corrected chi connectivity index (χ0v) is 12.8. The summed E-state index contributed by atoms with van der Waals surface area (Å²) in [4.78, 5) is 10.9. The third kappa shape index (κ3) is 1.95. The predicted octanol–water partition coefficient (Wildman–Crippen LogP) is 4.72. The van der Waals surface area contributed by atoms with Gasteiger partial charge in [0.1, 0.15) is 12.1 Å². The molecule has 4 heterocycles. The van der Waals surface area contributed by atoms with Crippen LogP contribution in [0, 0.1) is 0 Å². The Hall–Kier alpha value is -2.18. The molecule has 0 aliphatic carbocycles. The lowest BCUT2D eigenvalue weighted by molar-refractivity contribution is 0.620. The van der Waals surface area contributed by atoms with Gasteiger partial charge in [0, 0.05) is 11.9 Å².